The maximum absolute atomic E-state index is 13.5. The van der Waals surface area contributed by atoms with E-state index in [0.29, 0.717) is 53.0 Å². The standard InChI is InChI=1S/C23H25N.C23H24O6.ClH/c1-19(20-11-5-2-6-12-20)24-18-17-23(21-13-7-3-8-14-21)22-15-9-4-10-16-22;1-11(2)16-8-14-15(28-16)6-5-12-22(24)21-13-7-18(25-3)19(26-4)9-17(13)27-10-20(21)29-23(12)14;/h2-16,19,23-24H,17-18H2,1H3;5-7,9,11,16,20-21H,8,10H2,1-4H3;1H. The van der Waals surface area contributed by atoms with Crippen LogP contribution in [0.1, 0.15) is 83.2 Å². The van der Waals surface area contributed by atoms with E-state index in [0.717, 1.165) is 36.3 Å². The predicted octanol–water partition coefficient (Wildman–Crippen LogP) is 9.76. The predicted molar refractivity (Wildman–Crippen MR) is 215 cm³/mol. The first-order valence-corrected chi connectivity index (χ1v) is 18.7. The highest BCUT2D eigenvalue weighted by molar-refractivity contribution is 6.06. The number of Topliss-reactive ketones (excluding diaryl/α,β-unsaturated/α-hetero) is 1. The van der Waals surface area contributed by atoms with Crippen molar-refractivity contribution in [3.63, 3.8) is 0 Å². The molecule has 0 amide bonds. The van der Waals surface area contributed by atoms with Crippen LogP contribution < -0.4 is 29.0 Å². The molecule has 0 spiro atoms. The third-order valence-corrected chi connectivity index (χ3v) is 10.7. The van der Waals surface area contributed by atoms with Gasteiger partial charge in [-0.3, -0.25) is 4.79 Å². The first-order valence-electron chi connectivity index (χ1n) is 18.7. The Hall–Kier alpha value is -4.98. The summed E-state index contributed by atoms with van der Waals surface area (Å²) in [5.74, 6) is 3.67. The number of halogens is 1. The molecule has 8 heteroatoms. The summed E-state index contributed by atoms with van der Waals surface area (Å²) < 4.78 is 29.2. The fourth-order valence-electron chi connectivity index (χ4n) is 7.66. The van der Waals surface area contributed by atoms with Crippen LogP contribution in [0.4, 0.5) is 0 Å². The van der Waals surface area contributed by atoms with Crippen LogP contribution in [0.3, 0.4) is 0 Å². The van der Waals surface area contributed by atoms with Crippen LogP contribution in [-0.2, 0) is 6.42 Å². The molecule has 3 aliphatic rings. The van der Waals surface area contributed by atoms with Gasteiger partial charge in [0.05, 0.1) is 25.7 Å². The van der Waals surface area contributed by atoms with Crippen molar-refractivity contribution in [2.75, 3.05) is 27.4 Å². The minimum absolute atomic E-state index is 0. The van der Waals surface area contributed by atoms with Crippen molar-refractivity contribution in [2.45, 2.75) is 63.7 Å². The number of ketones is 1. The average molecular weight is 748 g/mol. The quantitative estimate of drug-likeness (QED) is 0.153. The van der Waals surface area contributed by atoms with Crippen molar-refractivity contribution in [3.05, 3.63) is 149 Å². The molecular weight excluding hydrogens is 698 g/mol. The van der Waals surface area contributed by atoms with Crippen molar-refractivity contribution in [1.29, 1.82) is 0 Å². The molecule has 1 N–H and O–H groups in total. The van der Waals surface area contributed by atoms with E-state index in [4.69, 9.17) is 23.7 Å². The van der Waals surface area contributed by atoms with Gasteiger partial charge in [0.15, 0.2) is 17.3 Å². The molecule has 0 aromatic heterocycles. The number of hydrogen-bond donors (Lipinski definition) is 1. The summed E-state index contributed by atoms with van der Waals surface area (Å²) in [5.41, 5.74) is 6.49. The lowest BCUT2D eigenvalue weighted by atomic mass is 9.81. The number of rotatable bonds is 10. The third-order valence-electron chi connectivity index (χ3n) is 10.7. The van der Waals surface area contributed by atoms with Gasteiger partial charge in [-0.25, -0.2) is 0 Å². The molecule has 3 heterocycles. The number of fused-ring (bicyclic) bond motifs is 6. The minimum atomic E-state index is -0.438. The normalized spacial score (nSPS) is 18.2. The van der Waals surface area contributed by atoms with E-state index in [9.17, 15) is 4.79 Å². The molecule has 0 saturated heterocycles. The lowest BCUT2D eigenvalue weighted by Gasteiger charge is -2.37. The number of methoxy groups -OCH3 is 2. The van der Waals surface area contributed by atoms with Crippen LogP contribution in [0.5, 0.6) is 28.7 Å². The molecular formula is C46H50ClNO6. The summed E-state index contributed by atoms with van der Waals surface area (Å²) in [6.07, 6.45) is 1.56. The Bertz CT molecular complexity index is 1970. The van der Waals surface area contributed by atoms with Crippen LogP contribution in [-0.4, -0.2) is 45.4 Å². The maximum Gasteiger partial charge on any atom is 0.178 e. The minimum Gasteiger partial charge on any atom is -0.493 e. The van der Waals surface area contributed by atoms with Crippen LogP contribution in [0.15, 0.2) is 115 Å². The molecule has 282 valence electrons. The van der Waals surface area contributed by atoms with E-state index in [1.54, 1.807) is 20.3 Å². The molecule has 4 unspecified atom stereocenters. The Morgan fingerprint density at radius 1 is 0.741 bits per heavy atom. The summed E-state index contributed by atoms with van der Waals surface area (Å²) in [6.45, 7) is 7.80. The van der Waals surface area contributed by atoms with Crippen molar-refractivity contribution in [3.8, 4) is 28.7 Å². The highest BCUT2D eigenvalue weighted by Gasteiger charge is 2.45. The molecule has 0 fully saturated rings. The fraction of sp³-hybridized carbons (Fsp3) is 0.326. The van der Waals surface area contributed by atoms with Gasteiger partial charge in [0, 0.05) is 35.6 Å². The second-order valence-corrected chi connectivity index (χ2v) is 14.3. The SMILES string of the molecule is CC(NCCC(c1ccccc1)c1ccccc1)c1ccccc1.COc1cc2c(cc1OC)C1C(=O)c3ccc4c(c3OC1CO2)CC(C(C)C)O4.Cl. The van der Waals surface area contributed by atoms with Crippen molar-refractivity contribution >= 4 is 18.2 Å². The summed E-state index contributed by atoms with van der Waals surface area (Å²) in [5, 5.41) is 3.67. The molecule has 8 rings (SSSR count). The molecule has 4 atom stereocenters. The second-order valence-electron chi connectivity index (χ2n) is 14.3. The van der Waals surface area contributed by atoms with Gasteiger partial charge in [-0.1, -0.05) is 105 Å². The van der Waals surface area contributed by atoms with Gasteiger partial charge in [0.25, 0.3) is 0 Å². The van der Waals surface area contributed by atoms with Crippen LogP contribution in [0.25, 0.3) is 0 Å². The smallest absolute Gasteiger partial charge is 0.178 e. The van der Waals surface area contributed by atoms with Gasteiger partial charge in [-0.05, 0) is 60.7 Å². The Labute approximate surface area is 325 Å². The fourth-order valence-corrected chi connectivity index (χ4v) is 7.66. The largest absolute Gasteiger partial charge is 0.493 e. The average Bonchev–Trinajstić information content (AvgIpc) is 3.66. The lowest BCUT2D eigenvalue weighted by molar-refractivity contribution is 0.0554. The van der Waals surface area contributed by atoms with E-state index in [-0.39, 0.29) is 30.4 Å². The number of ether oxygens (including phenoxy) is 5. The zero-order chi connectivity index (χ0) is 36.9. The highest BCUT2D eigenvalue weighted by atomic mass is 35.5. The lowest BCUT2D eigenvalue weighted by Crippen LogP contribution is -2.43. The van der Waals surface area contributed by atoms with Crippen LogP contribution in [0.2, 0.25) is 0 Å². The van der Waals surface area contributed by atoms with Crippen LogP contribution >= 0.6 is 12.4 Å². The highest BCUT2D eigenvalue weighted by Crippen LogP contribution is 2.50. The van der Waals surface area contributed by atoms with E-state index < -0.39 is 5.92 Å². The van der Waals surface area contributed by atoms with Gasteiger partial charge in [0.2, 0.25) is 0 Å². The number of hydrogen-bond acceptors (Lipinski definition) is 7. The van der Waals surface area contributed by atoms with E-state index in [1.807, 2.05) is 18.2 Å². The first-order chi connectivity index (χ1) is 25.9. The zero-order valence-corrected chi connectivity index (χ0v) is 32.4. The number of benzene rings is 5. The number of nitrogens with one attached hydrogen (secondary N) is 1. The van der Waals surface area contributed by atoms with Gasteiger partial charge < -0.3 is 29.0 Å². The van der Waals surface area contributed by atoms with Crippen molar-refractivity contribution in [2.24, 2.45) is 5.92 Å². The Kier molecular flexibility index (Phi) is 12.5. The van der Waals surface area contributed by atoms with E-state index >= 15 is 0 Å². The first kappa shape index (κ1) is 38.7. The summed E-state index contributed by atoms with van der Waals surface area (Å²) in [6, 6.07) is 40.0. The Balaban J connectivity index is 0.000000184. The van der Waals surface area contributed by atoms with E-state index in [1.165, 1.54) is 16.7 Å². The third kappa shape index (κ3) is 8.08. The summed E-state index contributed by atoms with van der Waals surface area (Å²) in [4.78, 5) is 13.5. The molecule has 54 heavy (non-hydrogen) atoms. The summed E-state index contributed by atoms with van der Waals surface area (Å²) in [7, 11) is 3.16. The van der Waals surface area contributed by atoms with E-state index in [2.05, 4.69) is 117 Å². The molecule has 0 radical (unpaired) electrons. The molecule has 0 saturated carbocycles. The molecule has 3 aliphatic heterocycles. The monoisotopic (exact) mass is 747 g/mol. The second kappa shape index (κ2) is 17.4. The topological polar surface area (TPSA) is 75.3 Å². The number of carbonyl (C=O) groups excluding carboxylic acids is 1. The van der Waals surface area contributed by atoms with Crippen molar-refractivity contribution < 1.29 is 28.5 Å². The summed E-state index contributed by atoms with van der Waals surface area (Å²) >= 11 is 0. The molecule has 7 nitrogen and oxygen atoms in total. The van der Waals surface area contributed by atoms with Crippen LogP contribution in [0, 0.1) is 5.92 Å². The van der Waals surface area contributed by atoms with Crippen molar-refractivity contribution in [1.82, 2.24) is 5.32 Å². The molecule has 5 aromatic carbocycles. The zero-order valence-electron chi connectivity index (χ0n) is 31.6. The molecule has 5 aromatic rings. The van der Waals surface area contributed by atoms with Gasteiger partial charge >= 0.3 is 0 Å². The molecule has 0 aliphatic carbocycles. The van der Waals surface area contributed by atoms with Gasteiger partial charge in [0.1, 0.15) is 36.1 Å². The Morgan fingerprint density at radius 3 is 1.93 bits per heavy atom. The Morgan fingerprint density at radius 2 is 1.33 bits per heavy atom. The van der Waals surface area contributed by atoms with Gasteiger partial charge in [-0.2, -0.15) is 0 Å². The maximum atomic E-state index is 13.5. The van der Waals surface area contributed by atoms with Gasteiger partial charge in [-0.15, -0.1) is 12.4 Å². The molecule has 0 bridgehead atoms. The number of carbonyl (C=O) groups is 1.